The average molecular weight is 285 g/mol. The molecule has 0 saturated carbocycles. The Labute approximate surface area is 127 Å². The first kappa shape index (κ1) is 15.7. The zero-order chi connectivity index (χ0) is 15.2. The minimum atomic E-state index is -0.151. The molecule has 112 valence electrons. The smallest absolute Gasteiger partial charge is 0.123 e. The maximum atomic E-state index is 13.4. The summed E-state index contributed by atoms with van der Waals surface area (Å²) in [5.41, 5.74) is 4.86. The van der Waals surface area contributed by atoms with Crippen molar-refractivity contribution in [2.24, 2.45) is 0 Å². The summed E-state index contributed by atoms with van der Waals surface area (Å²) in [7, 11) is 0. The van der Waals surface area contributed by atoms with E-state index in [1.165, 1.54) is 17.2 Å². The van der Waals surface area contributed by atoms with Gasteiger partial charge in [0.2, 0.25) is 0 Å². The van der Waals surface area contributed by atoms with Crippen LogP contribution in [-0.2, 0) is 12.8 Å². The lowest BCUT2D eigenvalue weighted by atomic mass is 9.95. The first-order valence-electron chi connectivity index (χ1n) is 7.62. The summed E-state index contributed by atoms with van der Waals surface area (Å²) in [5, 5.41) is 3.52. The predicted octanol–water partition coefficient (Wildman–Crippen LogP) is 4.21. The Morgan fingerprint density at radius 1 is 1.05 bits per heavy atom. The molecule has 2 rings (SSSR count). The molecule has 0 heterocycles. The second-order valence-electron chi connectivity index (χ2n) is 5.72. The van der Waals surface area contributed by atoms with Gasteiger partial charge in [0.15, 0.2) is 0 Å². The minimum Gasteiger partial charge on any atom is -0.314 e. The molecule has 0 aliphatic rings. The highest BCUT2D eigenvalue weighted by Gasteiger charge is 2.12. The van der Waals surface area contributed by atoms with Gasteiger partial charge in [0, 0.05) is 6.04 Å². The van der Waals surface area contributed by atoms with Gasteiger partial charge >= 0.3 is 0 Å². The number of aryl methyl sites for hydroxylation is 2. The summed E-state index contributed by atoms with van der Waals surface area (Å²) < 4.78 is 13.4. The van der Waals surface area contributed by atoms with Crippen LogP contribution in [0, 0.1) is 19.7 Å². The van der Waals surface area contributed by atoms with Crippen molar-refractivity contribution in [3.63, 3.8) is 0 Å². The van der Waals surface area contributed by atoms with Crippen LogP contribution in [0.5, 0.6) is 0 Å². The SMILES string of the molecule is CCNC(Cc1cccc(C)c1)Cc1cc(F)ccc1C. The lowest BCUT2D eigenvalue weighted by molar-refractivity contribution is 0.518. The monoisotopic (exact) mass is 285 g/mol. The Kier molecular flexibility index (Phi) is 5.51. The van der Waals surface area contributed by atoms with Gasteiger partial charge in [0.25, 0.3) is 0 Å². The van der Waals surface area contributed by atoms with Crippen LogP contribution in [0.25, 0.3) is 0 Å². The number of nitrogens with one attached hydrogen (secondary N) is 1. The third kappa shape index (κ3) is 4.68. The fourth-order valence-electron chi connectivity index (χ4n) is 2.75. The van der Waals surface area contributed by atoms with Crippen molar-refractivity contribution < 1.29 is 4.39 Å². The number of hydrogen-bond acceptors (Lipinski definition) is 1. The largest absolute Gasteiger partial charge is 0.314 e. The number of hydrogen-bond donors (Lipinski definition) is 1. The molecule has 1 atom stereocenters. The quantitative estimate of drug-likeness (QED) is 0.838. The molecule has 1 nitrogen and oxygen atoms in total. The van der Waals surface area contributed by atoms with Gasteiger partial charge in [-0.3, -0.25) is 0 Å². The molecule has 0 fully saturated rings. The van der Waals surface area contributed by atoms with E-state index >= 15 is 0 Å². The summed E-state index contributed by atoms with van der Waals surface area (Å²) in [6.45, 7) is 7.19. The van der Waals surface area contributed by atoms with Crippen molar-refractivity contribution in [3.8, 4) is 0 Å². The van der Waals surface area contributed by atoms with Gasteiger partial charge < -0.3 is 5.32 Å². The number of halogens is 1. The number of benzene rings is 2. The van der Waals surface area contributed by atoms with Crippen molar-refractivity contribution in [2.75, 3.05) is 6.54 Å². The number of likely N-dealkylation sites (N-methyl/N-ethyl adjacent to an activating group) is 1. The molecule has 2 aromatic carbocycles. The van der Waals surface area contributed by atoms with Crippen LogP contribution in [0.4, 0.5) is 4.39 Å². The molecule has 0 radical (unpaired) electrons. The Hall–Kier alpha value is -1.67. The highest BCUT2D eigenvalue weighted by Crippen LogP contribution is 2.15. The van der Waals surface area contributed by atoms with Gasteiger partial charge in [-0.1, -0.05) is 42.8 Å². The first-order valence-corrected chi connectivity index (χ1v) is 7.62. The summed E-state index contributed by atoms with van der Waals surface area (Å²) in [5.74, 6) is -0.151. The minimum absolute atomic E-state index is 0.151. The molecular formula is C19H24FN. The number of rotatable bonds is 6. The fraction of sp³-hybridized carbons (Fsp3) is 0.368. The van der Waals surface area contributed by atoms with Crippen LogP contribution in [-0.4, -0.2) is 12.6 Å². The Morgan fingerprint density at radius 3 is 2.57 bits per heavy atom. The molecular weight excluding hydrogens is 261 g/mol. The van der Waals surface area contributed by atoms with E-state index in [1.807, 2.05) is 13.0 Å². The van der Waals surface area contributed by atoms with Crippen molar-refractivity contribution in [3.05, 3.63) is 70.5 Å². The Bertz CT molecular complexity index is 592. The van der Waals surface area contributed by atoms with E-state index in [1.54, 1.807) is 6.07 Å². The third-order valence-electron chi connectivity index (χ3n) is 3.83. The maximum absolute atomic E-state index is 13.4. The van der Waals surface area contributed by atoms with E-state index in [2.05, 4.69) is 43.4 Å². The highest BCUT2D eigenvalue weighted by molar-refractivity contribution is 5.28. The fourth-order valence-corrected chi connectivity index (χ4v) is 2.75. The molecule has 0 spiro atoms. The van der Waals surface area contributed by atoms with E-state index in [0.717, 1.165) is 30.5 Å². The van der Waals surface area contributed by atoms with Crippen LogP contribution in [0.3, 0.4) is 0 Å². The van der Waals surface area contributed by atoms with Crippen LogP contribution >= 0.6 is 0 Å². The van der Waals surface area contributed by atoms with Gasteiger partial charge in [0.05, 0.1) is 0 Å². The molecule has 21 heavy (non-hydrogen) atoms. The second-order valence-corrected chi connectivity index (χ2v) is 5.72. The first-order chi connectivity index (χ1) is 10.1. The van der Waals surface area contributed by atoms with E-state index < -0.39 is 0 Å². The molecule has 2 aromatic rings. The van der Waals surface area contributed by atoms with Crippen LogP contribution < -0.4 is 5.32 Å². The molecule has 0 aliphatic heterocycles. The van der Waals surface area contributed by atoms with E-state index in [4.69, 9.17) is 0 Å². The summed E-state index contributed by atoms with van der Waals surface area (Å²) in [6.07, 6.45) is 1.82. The summed E-state index contributed by atoms with van der Waals surface area (Å²) in [6, 6.07) is 14.0. The standard InChI is InChI=1S/C19H24FN/c1-4-21-19(11-16-7-5-6-14(2)10-16)13-17-12-18(20)9-8-15(17)3/h5-10,12,19,21H,4,11,13H2,1-3H3. The lowest BCUT2D eigenvalue weighted by Crippen LogP contribution is -2.33. The summed E-state index contributed by atoms with van der Waals surface area (Å²) >= 11 is 0. The van der Waals surface area contributed by atoms with Crippen LogP contribution in [0.1, 0.15) is 29.2 Å². The molecule has 0 bridgehead atoms. The van der Waals surface area contributed by atoms with E-state index in [9.17, 15) is 4.39 Å². The normalized spacial score (nSPS) is 12.4. The Morgan fingerprint density at radius 2 is 1.86 bits per heavy atom. The van der Waals surface area contributed by atoms with Gasteiger partial charge in [0.1, 0.15) is 5.82 Å². The third-order valence-corrected chi connectivity index (χ3v) is 3.83. The maximum Gasteiger partial charge on any atom is 0.123 e. The lowest BCUT2D eigenvalue weighted by Gasteiger charge is -2.19. The van der Waals surface area contributed by atoms with Gasteiger partial charge in [-0.15, -0.1) is 0 Å². The van der Waals surface area contributed by atoms with E-state index in [0.29, 0.717) is 6.04 Å². The zero-order valence-electron chi connectivity index (χ0n) is 13.1. The molecule has 0 amide bonds. The van der Waals surface area contributed by atoms with Gasteiger partial charge in [-0.05, 0) is 62.1 Å². The topological polar surface area (TPSA) is 12.0 Å². The Balaban J connectivity index is 2.13. The van der Waals surface area contributed by atoms with Crippen molar-refractivity contribution in [1.29, 1.82) is 0 Å². The van der Waals surface area contributed by atoms with E-state index in [-0.39, 0.29) is 5.82 Å². The molecule has 1 unspecified atom stereocenters. The molecule has 0 saturated heterocycles. The van der Waals surface area contributed by atoms with Crippen LogP contribution in [0.2, 0.25) is 0 Å². The van der Waals surface area contributed by atoms with Gasteiger partial charge in [-0.25, -0.2) is 4.39 Å². The molecule has 0 aromatic heterocycles. The second kappa shape index (κ2) is 7.37. The molecule has 0 aliphatic carbocycles. The van der Waals surface area contributed by atoms with Crippen molar-refractivity contribution in [1.82, 2.24) is 5.32 Å². The van der Waals surface area contributed by atoms with Gasteiger partial charge in [-0.2, -0.15) is 0 Å². The summed E-state index contributed by atoms with van der Waals surface area (Å²) in [4.78, 5) is 0. The van der Waals surface area contributed by atoms with Crippen LogP contribution in [0.15, 0.2) is 42.5 Å². The highest BCUT2D eigenvalue weighted by atomic mass is 19.1. The molecule has 1 N–H and O–H groups in total. The predicted molar refractivity (Wildman–Crippen MR) is 87.2 cm³/mol. The molecule has 2 heteroatoms. The zero-order valence-corrected chi connectivity index (χ0v) is 13.1. The van der Waals surface area contributed by atoms with Crippen molar-refractivity contribution in [2.45, 2.75) is 39.7 Å². The van der Waals surface area contributed by atoms with Crippen molar-refractivity contribution >= 4 is 0 Å². The average Bonchev–Trinajstić information content (AvgIpc) is 2.43.